The Hall–Kier alpha value is -2.35. The fourth-order valence-electron chi connectivity index (χ4n) is 1.74. The molecule has 122 valence electrons. The van der Waals surface area contributed by atoms with Crippen molar-refractivity contribution in [2.75, 3.05) is 18.5 Å². The van der Waals surface area contributed by atoms with E-state index in [2.05, 4.69) is 31.7 Å². The van der Waals surface area contributed by atoms with E-state index in [-0.39, 0.29) is 24.9 Å². The molecule has 1 aromatic heterocycles. The molecule has 8 heteroatoms. The molecule has 1 heterocycles. The topological polar surface area (TPSA) is 93.5 Å². The maximum absolute atomic E-state index is 11.8. The number of nitrogens with zero attached hydrogens (tertiary/aromatic N) is 1. The second-order valence-electron chi connectivity index (χ2n) is 4.85. The van der Waals surface area contributed by atoms with Gasteiger partial charge in [-0.25, -0.2) is 0 Å². The molecule has 0 atom stereocenters. The Morgan fingerprint density at radius 2 is 2.04 bits per heavy atom. The lowest BCUT2D eigenvalue weighted by atomic mass is 10.2. The summed E-state index contributed by atoms with van der Waals surface area (Å²) in [4.78, 5) is 23.4. The van der Waals surface area contributed by atoms with Crippen LogP contribution in [0.15, 0.2) is 33.3 Å². The van der Waals surface area contributed by atoms with E-state index in [0.29, 0.717) is 11.4 Å². The van der Waals surface area contributed by atoms with Crippen molar-refractivity contribution in [2.45, 2.75) is 13.8 Å². The van der Waals surface area contributed by atoms with E-state index in [1.807, 2.05) is 19.1 Å². The second-order valence-corrected chi connectivity index (χ2v) is 5.76. The first kappa shape index (κ1) is 17.0. The molecule has 2 rings (SSSR count). The number of amides is 2. The first-order chi connectivity index (χ1) is 10.9. The summed E-state index contributed by atoms with van der Waals surface area (Å²) in [7, 11) is 0. The normalized spacial score (nSPS) is 10.2. The second kappa shape index (κ2) is 7.77. The molecule has 0 bridgehead atoms. The fraction of sp³-hybridized carbons (Fsp3) is 0.267. The maximum atomic E-state index is 11.8. The van der Waals surface area contributed by atoms with E-state index < -0.39 is 5.91 Å². The third-order valence-electron chi connectivity index (χ3n) is 2.87. The Labute approximate surface area is 141 Å². The molecule has 0 fully saturated rings. The smallest absolute Gasteiger partial charge is 0.258 e. The zero-order valence-corrected chi connectivity index (χ0v) is 14.3. The molecule has 2 aromatic rings. The summed E-state index contributed by atoms with van der Waals surface area (Å²) < 4.78 is 10.9. The number of halogens is 1. The molecule has 2 N–H and O–H groups in total. The van der Waals surface area contributed by atoms with Crippen LogP contribution in [0.2, 0.25) is 0 Å². The molecule has 0 aliphatic heterocycles. The summed E-state index contributed by atoms with van der Waals surface area (Å²) in [6.07, 6.45) is 0. The summed E-state index contributed by atoms with van der Waals surface area (Å²) in [5.41, 5.74) is 1.62. The number of hydrogen-bond acceptors (Lipinski definition) is 5. The number of carbonyl (C=O) groups is 2. The van der Waals surface area contributed by atoms with Crippen LogP contribution in [0.4, 0.5) is 5.69 Å². The molecule has 0 aliphatic carbocycles. The highest BCUT2D eigenvalue weighted by atomic mass is 79.9. The van der Waals surface area contributed by atoms with Crippen molar-refractivity contribution in [3.63, 3.8) is 0 Å². The Bertz CT molecular complexity index is 714. The Morgan fingerprint density at radius 1 is 1.26 bits per heavy atom. The van der Waals surface area contributed by atoms with Gasteiger partial charge in [-0.1, -0.05) is 15.9 Å². The lowest BCUT2D eigenvalue weighted by molar-refractivity contribution is -0.125. The van der Waals surface area contributed by atoms with E-state index in [4.69, 9.17) is 9.26 Å². The van der Waals surface area contributed by atoms with Gasteiger partial charge in [0.25, 0.3) is 11.8 Å². The molecule has 0 radical (unpaired) electrons. The standard InChI is InChI=1S/C15H16BrN3O4/c1-9-5-11(16)3-4-12(9)18-13(20)7-17-14(21)8-22-15-6-10(2)23-19-15/h3-6H,7-8H2,1-2H3,(H,17,21)(H,18,20). The van der Waals surface area contributed by atoms with Crippen LogP contribution in [0.25, 0.3) is 0 Å². The molecule has 7 nitrogen and oxygen atoms in total. The van der Waals surface area contributed by atoms with Crippen LogP contribution in [-0.4, -0.2) is 30.1 Å². The van der Waals surface area contributed by atoms with Crippen molar-refractivity contribution < 1.29 is 18.8 Å². The molecular formula is C15H16BrN3O4. The number of aryl methyl sites for hydroxylation is 2. The number of carbonyl (C=O) groups excluding carboxylic acids is 2. The van der Waals surface area contributed by atoms with Crippen molar-refractivity contribution in [3.05, 3.63) is 40.1 Å². The molecule has 0 saturated heterocycles. The van der Waals surface area contributed by atoms with Crippen LogP contribution >= 0.6 is 15.9 Å². The van der Waals surface area contributed by atoms with Gasteiger partial charge in [-0.3, -0.25) is 9.59 Å². The molecule has 0 saturated carbocycles. The molecular weight excluding hydrogens is 366 g/mol. The van der Waals surface area contributed by atoms with Gasteiger partial charge in [0.15, 0.2) is 6.61 Å². The Balaban J connectivity index is 1.74. The lowest BCUT2D eigenvalue weighted by Gasteiger charge is -2.09. The van der Waals surface area contributed by atoms with Crippen LogP contribution in [0.1, 0.15) is 11.3 Å². The van der Waals surface area contributed by atoms with E-state index >= 15 is 0 Å². The van der Waals surface area contributed by atoms with Gasteiger partial charge in [-0.15, -0.1) is 0 Å². The summed E-state index contributed by atoms with van der Waals surface area (Å²) in [5, 5.41) is 8.79. The van der Waals surface area contributed by atoms with Crippen LogP contribution < -0.4 is 15.4 Å². The summed E-state index contributed by atoms with van der Waals surface area (Å²) in [5.74, 6) is 0.0756. The summed E-state index contributed by atoms with van der Waals surface area (Å²) in [6, 6.07) is 7.07. The van der Waals surface area contributed by atoms with Crippen molar-refractivity contribution in [2.24, 2.45) is 0 Å². The number of anilines is 1. The minimum Gasteiger partial charge on any atom is -0.465 e. The molecule has 23 heavy (non-hydrogen) atoms. The number of benzene rings is 1. The molecule has 0 unspecified atom stereocenters. The van der Waals surface area contributed by atoms with Crippen molar-refractivity contribution in [1.82, 2.24) is 10.5 Å². The van der Waals surface area contributed by atoms with Gasteiger partial charge in [0.05, 0.1) is 6.54 Å². The first-order valence-electron chi connectivity index (χ1n) is 6.83. The highest BCUT2D eigenvalue weighted by molar-refractivity contribution is 9.10. The number of hydrogen-bond donors (Lipinski definition) is 2. The Kier molecular flexibility index (Phi) is 5.75. The first-order valence-corrected chi connectivity index (χ1v) is 7.62. The third kappa shape index (κ3) is 5.41. The average Bonchev–Trinajstić information content (AvgIpc) is 2.91. The van der Waals surface area contributed by atoms with Crippen molar-refractivity contribution in [1.29, 1.82) is 0 Å². The van der Waals surface area contributed by atoms with Crippen molar-refractivity contribution >= 4 is 33.4 Å². The molecule has 0 spiro atoms. The van der Waals surface area contributed by atoms with Crippen LogP contribution in [-0.2, 0) is 9.59 Å². The maximum Gasteiger partial charge on any atom is 0.258 e. The monoisotopic (exact) mass is 381 g/mol. The quantitative estimate of drug-likeness (QED) is 0.799. The zero-order chi connectivity index (χ0) is 16.8. The third-order valence-corrected chi connectivity index (χ3v) is 3.36. The highest BCUT2D eigenvalue weighted by Crippen LogP contribution is 2.19. The predicted molar refractivity (Wildman–Crippen MR) is 87.3 cm³/mol. The SMILES string of the molecule is Cc1cc(OCC(=O)NCC(=O)Nc2ccc(Br)cc2C)no1. The van der Waals surface area contributed by atoms with Gasteiger partial charge in [-0.05, 0) is 42.8 Å². The highest BCUT2D eigenvalue weighted by Gasteiger charge is 2.09. The lowest BCUT2D eigenvalue weighted by Crippen LogP contribution is -2.35. The van der Waals surface area contributed by atoms with Gasteiger partial charge < -0.3 is 19.9 Å². The van der Waals surface area contributed by atoms with Gasteiger partial charge in [-0.2, -0.15) is 0 Å². The van der Waals surface area contributed by atoms with E-state index in [9.17, 15) is 9.59 Å². The number of aromatic nitrogens is 1. The minimum absolute atomic E-state index is 0.143. The summed E-state index contributed by atoms with van der Waals surface area (Å²) in [6.45, 7) is 3.22. The zero-order valence-electron chi connectivity index (χ0n) is 12.7. The van der Waals surface area contributed by atoms with Gasteiger partial charge in [0.2, 0.25) is 5.91 Å². The van der Waals surface area contributed by atoms with Gasteiger partial charge in [0, 0.05) is 16.2 Å². The largest absolute Gasteiger partial charge is 0.465 e. The minimum atomic E-state index is -0.423. The Morgan fingerprint density at radius 3 is 2.70 bits per heavy atom. The van der Waals surface area contributed by atoms with Crippen LogP contribution in [0.3, 0.4) is 0 Å². The predicted octanol–water partition coefficient (Wildman–Crippen LogP) is 2.19. The van der Waals surface area contributed by atoms with E-state index in [0.717, 1.165) is 10.0 Å². The summed E-state index contributed by atoms with van der Waals surface area (Å²) >= 11 is 3.35. The van der Waals surface area contributed by atoms with E-state index in [1.165, 1.54) is 0 Å². The number of rotatable bonds is 6. The average molecular weight is 382 g/mol. The molecule has 1 aromatic carbocycles. The van der Waals surface area contributed by atoms with Crippen LogP contribution in [0, 0.1) is 13.8 Å². The number of ether oxygens (including phenoxy) is 1. The molecule has 2 amide bonds. The fourth-order valence-corrected chi connectivity index (χ4v) is 2.22. The van der Waals surface area contributed by atoms with Gasteiger partial charge in [0.1, 0.15) is 5.76 Å². The van der Waals surface area contributed by atoms with E-state index in [1.54, 1.807) is 19.1 Å². The van der Waals surface area contributed by atoms with Crippen LogP contribution in [0.5, 0.6) is 5.88 Å². The number of nitrogens with one attached hydrogen (secondary N) is 2. The van der Waals surface area contributed by atoms with Crippen molar-refractivity contribution in [3.8, 4) is 5.88 Å². The van der Waals surface area contributed by atoms with Gasteiger partial charge >= 0.3 is 0 Å². The molecule has 0 aliphatic rings.